The molecular weight excluding hydrogens is 488 g/mol. The van der Waals surface area contributed by atoms with Crippen molar-refractivity contribution < 1.29 is 18.1 Å². The van der Waals surface area contributed by atoms with Crippen LogP contribution in [0.5, 0.6) is 0 Å². The number of aryl methyl sites for hydroxylation is 1. The standard InChI is InChI=1S/C24H20N4O5S2/c1-17-7-12-21-22(15-17)34-24(26-21)27(25-16-18-8-10-19(11-9-18)28(30)31)23(29)13-14-35(32,33)20-5-3-2-4-6-20/h2-12,15-16H,13-14H2,1H3/b25-16+. The number of nitrogens with zero attached hydrogens (tertiary/aromatic N) is 4. The molecule has 1 aromatic heterocycles. The summed E-state index contributed by atoms with van der Waals surface area (Å²) < 4.78 is 26.2. The van der Waals surface area contributed by atoms with E-state index in [0.29, 0.717) is 16.2 Å². The van der Waals surface area contributed by atoms with Crippen LogP contribution in [0.3, 0.4) is 0 Å². The third-order valence-electron chi connectivity index (χ3n) is 5.06. The normalized spacial score (nSPS) is 11.7. The van der Waals surface area contributed by atoms with Crippen LogP contribution >= 0.6 is 11.3 Å². The summed E-state index contributed by atoms with van der Waals surface area (Å²) in [5.41, 5.74) is 2.19. The second-order valence-corrected chi connectivity index (χ2v) is 10.8. The Labute approximate surface area is 205 Å². The number of hydrazone groups is 1. The highest BCUT2D eigenvalue weighted by Crippen LogP contribution is 2.30. The van der Waals surface area contributed by atoms with Crippen molar-refractivity contribution in [2.45, 2.75) is 18.2 Å². The van der Waals surface area contributed by atoms with Gasteiger partial charge in [0.05, 0.1) is 32.0 Å². The highest BCUT2D eigenvalue weighted by Gasteiger charge is 2.23. The molecule has 9 nitrogen and oxygen atoms in total. The zero-order valence-corrected chi connectivity index (χ0v) is 20.2. The molecule has 178 valence electrons. The molecule has 0 radical (unpaired) electrons. The second-order valence-electron chi connectivity index (χ2n) is 7.65. The molecule has 0 bridgehead atoms. The van der Waals surface area contributed by atoms with Crippen LogP contribution in [0.15, 0.2) is 82.8 Å². The summed E-state index contributed by atoms with van der Waals surface area (Å²) in [4.78, 5) is 28.2. The van der Waals surface area contributed by atoms with Crippen LogP contribution in [0, 0.1) is 17.0 Å². The Morgan fingerprint density at radius 1 is 1.11 bits per heavy atom. The number of amides is 1. The molecule has 35 heavy (non-hydrogen) atoms. The third kappa shape index (κ3) is 5.76. The van der Waals surface area contributed by atoms with Crippen molar-refractivity contribution in [3.05, 3.63) is 94.0 Å². The van der Waals surface area contributed by atoms with Gasteiger partial charge < -0.3 is 0 Å². The molecule has 11 heteroatoms. The first kappa shape index (κ1) is 24.2. The molecule has 3 aromatic carbocycles. The molecule has 0 spiro atoms. The maximum Gasteiger partial charge on any atom is 0.269 e. The number of nitro groups is 1. The van der Waals surface area contributed by atoms with Gasteiger partial charge in [-0.2, -0.15) is 10.1 Å². The number of carbonyl (C=O) groups is 1. The first-order valence-electron chi connectivity index (χ1n) is 10.5. The van der Waals surface area contributed by atoms with Gasteiger partial charge in [-0.1, -0.05) is 35.6 Å². The summed E-state index contributed by atoms with van der Waals surface area (Å²) in [6.45, 7) is 1.95. The fraction of sp³-hybridized carbons (Fsp3) is 0.125. The quantitative estimate of drug-likeness (QED) is 0.192. The van der Waals surface area contributed by atoms with Gasteiger partial charge in [0, 0.05) is 18.6 Å². The van der Waals surface area contributed by atoms with Crippen molar-refractivity contribution in [3.8, 4) is 0 Å². The minimum atomic E-state index is -3.66. The van der Waals surface area contributed by atoms with Crippen molar-refractivity contribution in [1.82, 2.24) is 4.98 Å². The molecule has 0 aliphatic rings. The Kier molecular flexibility index (Phi) is 6.99. The van der Waals surface area contributed by atoms with E-state index in [1.807, 2.05) is 25.1 Å². The van der Waals surface area contributed by atoms with E-state index in [2.05, 4.69) is 10.1 Å². The topological polar surface area (TPSA) is 123 Å². The van der Waals surface area contributed by atoms with E-state index in [-0.39, 0.29) is 22.8 Å². The average molecular weight is 509 g/mol. The molecule has 1 amide bonds. The number of nitro benzene ring substituents is 1. The number of hydrogen-bond acceptors (Lipinski definition) is 8. The highest BCUT2D eigenvalue weighted by molar-refractivity contribution is 7.91. The van der Waals surface area contributed by atoms with Crippen LogP contribution in [-0.2, 0) is 14.6 Å². The number of aromatic nitrogens is 1. The SMILES string of the molecule is Cc1ccc2nc(N(/N=C/c3ccc([N+](=O)[O-])cc3)C(=O)CCS(=O)(=O)c3ccccc3)sc2c1. The zero-order valence-electron chi connectivity index (χ0n) is 18.6. The molecular formula is C24H20N4O5S2. The van der Waals surface area contributed by atoms with Crippen LogP contribution < -0.4 is 5.01 Å². The van der Waals surface area contributed by atoms with E-state index in [1.54, 1.807) is 18.2 Å². The maximum atomic E-state index is 13.2. The fourth-order valence-corrected chi connectivity index (χ4v) is 5.50. The summed E-state index contributed by atoms with van der Waals surface area (Å²) in [6.07, 6.45) is 1.08. The minimum Gasteiger partial charge on any atom is -0.272 e. The minimum absolute atomic E-state index is 0.0669. The van der Waals surface area contributed by atoms with Crippen molar-refractivity contribution in [1.29, 1.82) is 0 Å². The molecule has 0 N–H and O–H groups in total. The number of anilines is 1. The zero-order chi connectivity index (χ0) is 25.0. The van der Waals surface area contributed by atoms with Crippen molar-refractivity contribution >= 4 is 54.3 Å². The lowest BCUT2D eigenvalue weighted by atomic mass is 10.2. The van der Waals surface area contributed by atoms with Crippen LogP contribution in [0.25, 0.3) is 10.2 Å². The summed E-state index contributed by atoms with van der Waals surface area (Å²) in [6, 6.07) is 19.3. The first-order chi connectivity index (χ1) is 16.7. The molecule has 0 saturated carbocycles. The van der Waals surface area contributed by atoms with Gasteiger partial charge in [0.2, 0.25) is 5.13 Å². The monoisotopic (exact) mass is 508 g/mol. The predicted octanol–water partition coefficient (Wildman–Crippen LogP) is 4.74. The summed E-state index contributed by atoms with van der Waals surface area (Å²) >= 11 is 1.26. The largest absolute Gasteiger partial charge is 0.272 e. The van der Waals surface area contributed by atoms with Gasteiger partial charge in [0.25, 0.3) is 11.6 Å². The molecule has 4 aromatic rings. The van der Waals surface area contributed by atoms with Gasteiger partial charge >= 0.3 is 0 Å². The summed E-state index contributed by atoms with van der Waals surface area (Å²) in [7, 11) is -3.66. The lowest BCUT2D eigenvalue weighted by molar-refractivity contribution is -0.384. The van der Waals surface area contributed by atoms with Crippen molar-refractivity contribution in [2.24, 2.45) is 5.10 Å². The highest BCUT2D eigenvalue weighted by atomic mass is 32.2. The van der Waals surface area contributed by atoms with Crippen molar-refractivity contribution in [3.63, 3.8) is 0 Å². The molecule has 0 aliphatic carbocycles. The van der Waals surface area contributed by atoms with E-state index in [1.165, 1.54) is 53.9 Å². The Morgan fingerprint density at radius 3 is 2.51 bits per heavy atom. The van der Waals surface area contributed by atoms with E-state index in [9.17, 15) is 23.3 Å². The number of fused-ring (bicyclic) bond motifs is 1. The maximum absolute atomic E-state index is 13.2. The molecule has 1 heterocycles. The van der Waals surface area contributed by atoms with Gasteiger partial charge in [0.15, 0.2) is 9.84 Å². The molecule has 0 fully saturated rings. The van der Waals surface area contributed by atoms with E-state index in [4.69, 9.17) is 0 Å². The molecule has 0 aliphatic heterocycles. The Hall–Kier alpha value is -3.96. The number of non-ortho nitro benzene ring substituents is 1. The second kappa shape index (κ2) is 10.1. The Bertz CT molecular complexity index is 1510. The Morgan fingerprint density at radius 2 is 1.83 bits per heavy atom. The van der Waals surface area contributed by atoms with Crippen LogP contribution in [0.1, 0.15) is 17.5 Å². The first-order valence-corrected chi connectivity index (χ1v) is 13.0. The lowest BCUT2D eigenvalue weighted by Gasteiger charge is -2.14. The van der Waals surface area contributed by atoms with Crippen LogP contribution in [-0.4, -0.2) is 36.2 Å². The number of sulfone groups is 1. The number of benzene rings is 3. The van der Waals surface area contributed by atoms with Gasteiger partial charge in [-0.05, 0) is 54.4 Å². The fourth-order valence-electron chi connectivity index (χ4n) is 3.21. The lowest BCUT2D eigenvalue weighted by Crippen LogP contribution is -2.27. The molecule has 0 unspecified atom stereocenters. The molecule has 0 saturated heterocycles. The van der Waals surface area contributed by atoms with Crippen LogP contribution in [0.2, 0.25) is 0 Å². The smallest absolute Gasteiger partial charge is 0.269 e. The molecule has 4 rings (SSSR count). The summed E-state index contributed by atoms with van der Waals surface area (Å²) in [5.74, 6) is -0.929. The number of hydrogen-bond donors (Lipinski definition) is 0. The van der Waals surface area contributed by atoms with Gasteiger partial charge in [0.1, 0.15) is 0 Å². The number of thiazole rings is 1. The predicted molar refractivity (Wildman–Crippen MR) is 136 cm³/mol. The van der Waals surface area contributed by atoms with E-state index in [0.717, 1.165) is 15.3 Å². The van der Waals surface area contributed by atoms with Gasteiger partial charge in [-0.3, -0.25) is 14.9 Å². The number of carbonyl (C=O) groups excluding carboxylic acids is 1. The van der Waals surface area contributed by atoms with Gasteiger partial charge in [-0.15, -0.1) is 0 Å². The van der Waals surface area contributed by atoms with Crippen molar-refractivity contribution in [2.75, 3.05) is 10.8 Å². The van der Waals surface area contributed by atoms with Gasteiger partial charge in [-0.25, -0.2) is 13.4 Å². The number of rotatable bonds is 8. The van der Waals surface area contributed by atoms with E-state index >= 15 is 0 Å². The Balaban J connectivity index is 1.62. The average Bonchev–Trinajstić information content (AvgIpc) is 3.26. The molecule has 0 atom stereocenters. The van der Waals surface area contributed by atoms with Crippen LogP contribution in [0.4, 0.5) is 10.8 Å². The third-order valence-corrected chi connectivity index (χ3v) is 7.79. The van der Waals surface area contributed by atoms with E-state index < -0.39 is 20.7 Å². The summed E-state index contributed by atoms with van der Waals surface area (Å²) in [5, 5.41) is 16.5.